The predicted molar refractivity (Wildman–Crippen MR) is 77.2 cm³/mol. The molecule has 2 aromatic rings. The zero-order chi connectivity index (χ0) is 14.9. The zero-order valence-corrected chi connectivity index (χ0v) is 12.2. The Kier molecular flexibility index (Phi) is 3.79. The lowest BCUT2D eigenvalue weighted by molar-refractivity contribution is 0.177. The van der Waals surface area contributed by atoms with E-state index in [0.29, 0.717) is 5.69 Å². The van der Waals surface area contributed by atoms with E-state index in [1.165, 1.54) is 18.1 Å². The van der Waals surface area contributed by atoms with Crippen LogP contribution in [0.4, 0.5) is 0 Å². The summed E-state index contributed by atoms with van der Waals surface area (Å²) in [4.78, 5) is 6.79. The Morgan fingerprint density at radius 3 is 2.90 bits per heavy atom. The molecule has 21 heavy (non-hydrogen) atoms. The van der Waals surface area contributed by atoms with Gasteiger partial charge in [0.05, 0.1) is 23.1 Å². The van der Waals surface area contributed by atoms with Crippen molar-refractivity contribution in [1.82, 2.24) is 14.7 Å². The van der Waals surface area contributed by atoms with Crippen molar-refractivity contribution in [2.24, 2.45) is 0 Å². The molecule has 6 nitrogen and oxygen atoms in total. The van der Waals surface area contributed by atoms with Gasteiger partial charge in [-0.25, -0.2) is 18.1 Å². The first kappa shape index (κ1) is 14.2. The van der Waals surface area contributed by atoms with Gasteiger partial charge in [0.1, 0.15) is 6.10 Å². The highest BCUT2D eigenvalue weighted by Gasteiger charge is 2.20. The number of imidazole rings is 1. The maximum absolute atomic E-state index is 12.3. The van der Waals surface area contributed by atoms with Crippen molar-refractivity contribution in [1.29, 1.82) is 0 Å². The van der Waals surface area contributed by atoms with E-state index in [1.54, 1.807) is 12.1 Å². The molecule has 0 bridgehead atoms. The SMILES string of the molecule is O=S(=O)(NCC(O)c1cnc[nH]1)c1ccc2c(c1)CCC2. The fourth-order valence-electron chi connectivity index (χ4n) is 2.55. The fourth-order valence-corrected chi connectivity index (χ4v) is 3.63. The van der Waals surface area contributed by atoms with E-state index in [9.17, 15) is 13.5 Å². The van der Waals surface area contributed by atoms with E-state index >= 15 is 0 Å². The molecule has 112 valence electrons. The second-order valence-corrected chi connectivity index (χ2v) is 6.93. The van der Waals surface area contributed by atoms with Crippen LogP contribution in [-0.4, -0.2) is 30.0 Å². The molecular formula is C14H17N3O3S. The van der Waals surface area contributed by atoms with Crippen LogP contribution >= 0.6 is 0 Å². The molecule has 0 aliphatic heterocycles. The summed E-state index contributed by atoms with van der Waals surface area (Å²) in [5, 5.41) is 9.88. The van der Waals surface area contributed by atoms with E-state index in [1.807, 2.05) is 6.07 Å². The number of aliphatic hydroxyl groups excluding tert-OH is 1. The quantitative estimate of drug-likeness (QED) is 0.765. The number of nitrogens with one attached hydrogen (secondary N) is 2. The van der Waals surface area contributed by atoms with Crippen LogP contribution in [0.5, 0.6) is 0 Å². The van der Waals surface area contributed by atoms with Crippen LogP contribution in [0.3, 0.4) is 0 Å². The van der Waals surface area contributed by atoms with Crippen LogP contribution in [0.15, 0.2) is 35.6 Å². The van der Waals surface area contributed by atoms with Crippen LogP contribution < -0.4 is 4.72 Å². The molecule has 0 amide bonds. The summed E-state index contributed by atoms with van der Waals surface area (Å²) in [5.74, 6) is 0. The summed E-state index contributed by atoms with van der Waals surface area (Å²) in [5.41, 5.74) is 2.81. The van der Waals surface area contributed by atoms with Crippen molar-refractivity contribution in [3.8, 4) is 0 Å². The van der Waals surface area contributed by atoms with Gasteiger partial charge in [0, 0.05) is 6.54 Å². The number of aryl methyl sites for hydroxylation is 2. The Labute approximate surface area is 123 Å². The first-order valence-electron chi connectivity index (χ1n) is 6.84. The second-order valence-electron chi connectivity index (χ2n) is 5.16. The van der Waals surface area contributed by atoms with Gasteiger partial charge in [0.15, 0.2) is 0 Å². The summed E-state index contributed by atoms with van der Waals surface area (Å²) in [6.07, 6.45) is 4.97. The summed E-state index contributed by atoms with van der Waals surface area (Å²) in [6, 6.07) is 5.23. The number of aromatic amines is 1. The Morgan fingerprint density at radius 2 is 2.14 bits per heavy atom. The highest BCUT2D eigenvalue weighted by Crippen LogP contribution is 2.24. The highest BCUT2D eigenvalue weighted by atomic mass is 32.2. The molecule has 0 spiro atoms. The van der Waals surface area contributed by atoms with E-state index in [-0.39, 0.29) is 11.4 Å². The van der Waals surface area contributed by atoms with Crippen LogP contribution in [0, 0.1) is 0 Å². The maximum Gasteiger partial charge on any atom is 0.240 e. The van der Waals surface area contributed by atoms with Gasteiger partial charge in [-0.3, -0.25) is 0 Å². The van der Waals surface area contributed by atoms with Crippen molar-refractivity contribution in [3.63, 3.8) is 0 Å². The normalized spacial score (nSPS) is 15.9. The minimum absolute atomic E-state index is 0.0956. The Bertz CT molecular complexity index is 726. The number of nitrogens with zero attached hydrogens (tertiary/aromatic N) is 1. The van der Waals surface area contributed by atoms with Crippen molar-refractivity contribution in [2.75, 3.05) is 6.54 Å². The average molecular weight is 307 g/mol. The maximum atomic E-state index is 12.3. The van der Waals surface area contributed by atoms with Gasteiger partial charge in [0.2, 0.25) is 10.0 Å². The number of rotatable bonds is 5. The molecule has 7 heteroatoms. The molecule has 3 rings (SSSR count). The molecule has 0 saturated carbocycles. The molecule has 1 aromatic carbocycles. The molecule has 3 N–H and O–H groups in total. The number of benzene rings is 1. The topological polar surface area (TPSA) is 95.1 Å². The van der Waals surface area contributed by atoms with Gasteiger partial charge in [-0.15, -0.1) is 0 Å². The average Bonchev–Trinajstić information content (AvgIpc) is 3.14. The van der Waals surface area contributed by atoms with Gasteiger partial charge in [-0.1, -0.05) is 6.07 Å². The number of sulfonamides is 1. The van der Waals surface area contributed by atoms with Crippen molar-refractivity contribution in [3.05, 3.63) is 47.5 Å². The molecule has 1 unspecified atom stereocenters. The lowest BCUT2D eigenvalue weighted by atomic mass is 10.1. The van der Waals surface area contributed by atoms with Gasteiger partial charge in [-0.05, 0) is 42.5 Å². The van der Waals surface area contributed by atoms with Gasteiger partial charge in [-0.2, -0.15) is 0 Å². The van der Waals surface area contributed by atoms with Crippen molar-refractivity contribution in [2.45, 2.75) is 30.3 Å². The van der Waals surface area contributed by atoms with E-state index in [2.05, 4.69) is 14.7 Å². The predicted octanol–water partition coefficient (Wildman–Crippen LogP) is 0.910. The lowest BCUT2D eigenvalue weighted by Gasteiger charge is -2.11. The third kappa shape index (κ3) is 2.99. The second kappa shape index (κ2) is 5.59. The summed E-state index contributed by atoms with van der Waals surface area (Å²) in [7, 11) is -3.61. The molecule has 1 aliphatic rings. The smallest absolute Gasteiger partial charge is 0.240 e. The molecule has 0 saturated heterocycles. The fraction of sp³-hybridized carbons (Fsp3) is 0.357. The first-order valence-corrected chi connectivity index (χ1v) is 8.32. The lowest BCUT2D eigenvalue weighted by Crippen LogP contribution is -2.28. The molecule has 0 radical (unpaired) electrons. The minimum atomic E-state index is -3.61. The van der Waals surface area contributed by atoms with Crippen LogP contribution in [0.1, 0.15) is 29.3 Å². The monoisotopic (exact) mass is 307 g/mol. The third-order valence-corrected chi connectivity index (χ3v) is 5.15. The minimum Gasteiger partial charge on any atom is -0.385 e. The van der Waals surface area contributed by atoms with E-state index < -0.39 is 16.1 Å². The summed E-state index contributed by atoms with van der Waals surface area (Å²) in [6.45, 7) is -0.0956. The van der Waals surface area contributed by atoms with E-state index in [0.717, 1.165) is 24.8 Å². The molecule has 1 heterocycles. The van der Waals surface area contributed by atoms with Gasteiger partial charge < -0.3 is 10.1 Å². The number of hydrogen-bond acceptors (Lipinski definition) is 4. The molecule has 1 aromatic heterocycles. The van der Waals surface area contributed by atoms with E-state index in [4.69, 9.17) is 0 Å². The number of hydrogen-bond donors (Lipinski definition) is 3. The van der Waals surface area contributed by atoms with Crippen LogP contribution in [0.25, 0.3) is 0 Å². The molecule has 1 aliphatic carbocycles. The highest BCUT2D eigenvalue weighted by molar-refractivity contribution is 7.89. The number of H-pyrrole nitrogens is 1. The Balaban J connectivity index is 1.72. The Morgan fingerprint density at radius 1 is 1.33 bits per heavy atom. The standard InChI is InChI=1S/C14H17N3O3S/c18-14(13-7-15-9-16-13)8-17-21(19,20)12-5-4-10-2-1-3-11(10)6-12/h4-7,9,14,17-18H,1-3,8H2,(H,15,16). The molecule has 1 atom stereocenters. The largest absolute Gasteiger partial charge is 0.385 e. The molecule has 0 fully saturated rings. The van der Waals surface area contributed by atoms with Gasteiger partial charge in [0.25, 0.3) is 0 Å². The summed E-state index contributed by atoms with van der Waals surface area (Å²) >= 11 is 0. The third-order valence-electron chi connectivity index (χ3n) is 3.73. The molecular weight excluding hydrogens is 290 g/mol. The number of aromatic nitrogens is 2. The van der Waals surface area contributed by atoms with Crippen molar-refractivity contribution < 1.29 is 13.5 Å². The zero-order valence-electron chi connectivity index (χ0n) is 11.4. The summed E-state index contributed by atoms with van der Waals surface area (Å²) < 4.78 is 26.9. The van der Waals surface area contributed by atoms with Crippen LogP contribution in [0.2, 0.25) is 0 Å². The van der Waals surface area contributed by atoms with Crippen LogP contribution in [-0.2, 0) is 22.9 Å². The van der Waals surface area contributed by atoms with Crippen molar-refractivity contribution >= 4 is 10.0 Å². The number of fused-ring (bicyclic) bond motifs is 1. The van der Waals surface area contributed by atoms with Gasteiger partial charge >= 0.3 is 0 Å². The Hall–Kier alpha value is -1.70. The first-order chi connectivity index (χ1) is 10.1. The number of aliphatic hydroxyl groups is 1.